The van der Waals surface area contributed by atoms with Crippen LogP contribution in [0.5, 0.6) is 0 Å². The third-order valence-corrected chi connectivity index (χ3v) is 2.61. The quantitative estimate of drug-likeness (QED) is 0.674. The Hall–Kier alpha value is -1.78. The van der Waals surface area contributed by atoms with Crippen LogP contribution in [0, 0.1) is 5.92 Å². The van der Waals surface area contributed by atoms with Gasteiger partial charge in [-0.1, -0.05) is 6.92 Å². The fourth-order valence-electron chi connectivity index (χ4n) is 1.48. The number of aromatic nitrogens is 1. The molecule has 1 saturated carbocycles. The molecular weight excluding hydrogens is 192 g/mol. The number of hydrogen-bond acceptors (Lipinski definition) is 4. The number of carbonyl (C=O) groups excluding carboxylic acids is 1. The fourth-order valence-corrected chi connectivity index (χ4v) is 1.48. The lowest BCUT2D eigenvalue weighted by atomic mass is 10.2. The molecule has 5 heteroatoms. The monoisotopic (exact) mass is 206 g/mol. The van der Waals surface area contributed by atoms with E-state index in [0.29, 0.717) is 29.0 Å². The summed E-state index contributed by atoms with van der Waals surface area (Å²) in [4.78, 5) is 15.2. The fraction of sp³-hybridized carbons (Fsp3) is 0.400. The van der Waals surface area contributed by atoms with Crippen LogP contribution in [0.2, 0.25) is 0 Å². The number of amides is 1. The topological polar surface area (TPSA) is 94.0 Å². The van der Waals surface area contributed by atoms with Crippen molar-refractivity contribution in [3.63, 3.8) is 0 Å². The van der Waals surface area contributed by atoms with Crippen LogP contribution in [0.3, 0.4) is 0 Å². The number of nitrogens with two attached hydrogens (primary N) is 2. The molecule has 5 nitrogen and oxygen atoms in total. The number of nitrogens with one attached hydrogen (secondary N) is 1. The summed E-state index contributed by atoms with van der Waals surface area (Å²) in [6.07, 6.45) is 2.62. The highest BCUT2D eigenvalue weighted by molar-refractivity contribution is 5.98. The molecule has 0 aliphatic heterocycles. The zero-order valence-electron chi connectivity index (χ0n) is 8.53. The SMILES string of the molecule is CC1CC1Nc1ncc(N)cc1C(N)=O. The first-order valence-electron chi connectivity index (χ1n) is 4.90. The Morgan fingerprint density at radius 2 is 2.33 bits per heavy atom. The normalized spacial score (nSPS) is 23.5. The second-order valence-electron chi connectivity index (χ2n) is 3.99. The van der Waals surface area contributed by atoms with E-state index in [1.165, 1.54) is 6.20 Å². The Labute approximate surface area is 87.9 Å². The number of hydrogen-bond donors (Lipinski definition) is 3. The van der Waals surface area contributed by atoms with Gasteiger partial charge >= 0.3 is 0 Å². The Bertz CT molecular complexity index is 404. The van der Waals surface area contributed by atoms with Crippen molar-refractivity contribution in [2.75, 3.05) is 11.1 Å². The van der Waals surface area contributed by atoms with Gasteiger partial charge in [0, 0.05) is 6.04 Å². The van der Waals surface area contributed by atoms with Gasteiger partial charge in [-0.25, -0.2) is 4.98 Å². The summed E-state index contributed by atoms with van der Waals surface area (Å²) in [5, 5.41) is 3.18. The average molecular weight is 206 g/mol. The summed E-state index contributed by atoms with van der Waals surface area (Å²) in [7, 11) is 0. The molecule has 1 aromatic rings. The summed E-state index contributed by atoms with van der Waals surface area (Å²) >= 11 is 0. The van der Waals surface area contributed by atoms with E-state index in [1.807, 2.05) is 0 Å². The van der Waals surface area contributed by atoms with Gasteiger partial charge in [0.2, 0.25) is 0 Å². The Balaban J connectivity index is 2.25. The molecule has 0 spiro atoms. The highest BCUT2D eigenvalue weighted by Gasteiger charge is 2.33. The smallest absolute Gasteiger partial charge is 0.252 e. The highest BCUT2D eigenvalue weighted by atomic mass is 16.1. The molecule has 2 atom stereocenters. The van der Waals surface area contributed by atoms with Gasteiger partial charge in [-0.3, -0.25) is 4.79 Å². The highest BCUT2D eigenvalue weighted by Crippen LogP contribution is 2.33. The molecule has 1 fully saturated rings. The van der Waals surface area contributed by atoms with E-state index in [2.05, 4.69) is 17.2 Å². The summed E-state index contributed by atoms with van der Waals surface area (Å²) < 4.78 is 0. The molecule has 0 saturated heterocycles. The van der Waals surface area contributed by atoms with Gasteiger partial charge < -0.3 is 16.8 Å². The van der Waals surface area contributed by atoms with Gasteiger partial charge in [0.25, 0.3) is 5.91 Å². The molecular formula is C10H14N4O. The van der Waals surface area contributed by atoms with Gasteiger partial charge in [0.1, 0.15) is 5.82 Å². The van der Waals surface area contributed by atoms with Crippen LogP contribution in [0.15, 0.2) is 12.3 Å². The molecule has 1 aromatic heterocycles. The lowest BCUT2D eigenvalue weighted by Crippen LogP contribution is -2.17. The number of primary amides is 1. The maximum atomic E-state index is 11.1. The number of rotatable bonds is 3. The Kier molecular flexibility index (Phi) is 2.22. The zero-order chi connectivity index (χ0) is 11.0. The van der Waals surface area contributed by atoms with Crippen molar-refractivity contribution in [1.29, 1.82) is 0 Å². The first-order chi connectivity index (χ1) is 7.08. The lowest BCUT2D eigenvalue weighted by molar-refractivity contribution is 0.100. The first kappa shape index (κ1) is 9.76. The third-order valence-electron chi connectivity index (χ3n) is 2.61. The molecule has 1 aliphatic carbocycles. The number of nitrogen functional groups attached to an aromatic ring is 1. The molecule has 1 amide bonds. The average Bonchev–Trinajstić information content (AvgIpc) is 2.85. The van der Waals surface area contributed by atoms with Crippen LogP contribution >= 0.6 is 0 Å². The first-order valence-corrected chi connectivity index (χ1v) is 4.90. The van der Waals surface area contributed by atoms with Crippen LogP contribution in [-0.2, 0) is 0 Å². The summed E-state index contributed by atoms with van der Waals surface area (Å²) in [5.74, 6) is 0.654. The number of carbonyl (C=O) groups is 1. The van der Waals surface area contributed by atoms with Crippen LogP contribution in [-0.4, -0.2) is 16.9 Å². The van der Waals surface area contributed by atoms with Crippen molar-refractivity contribution in [3.05, 3.63) is 17.8 Å². The standard InChI is InChI=1S/C10H14N4O/c1-5-2-8(5)14-10-7(9(12)15)3-6(11)4-13-10/h3-5,8H,2,11H2,1H3,(H2,12,15)(H,13,14). The van der Waals surface area contributed by atoms with E-state index < -0.39 is 5.91 Å². The molecule has 1 heterocycles. The number of anilines is 2. The van der Waals surface area contributed by atoms with Gasteiger partial charge in [-0.15, -0.1) is 0 Å². The maximum Gasteiger partial charge on any atom is 0.252 e. The molecule has 0 radical (unpaired) electrons. The minimum Gasteiger partial charge on any atom is -0.397 e. The van der Waals surface area contributed by atoms with Crippen LogP contribution in [0.1, 0.15) is 23.7 Å². The number of pyridine rings is 1. The van der Waals surface area contributed by atoms with Crippen molar-refractivity contribution in [2.45, 2.75) is 19.4 Å². The largest absolute Gasteiger partial charge is 0.397 e. The zero-order valence-corrected chi connectivity index (χ0v) is 8.53. The van der Waals surface area contributed by atoms with Gasteiger partial charge in [0.05, 0.1) is 17.4 Å². The molecule has 1 aliphatic rings. The van der Waals surface area contributed by atoms with Crippen molar-refractivity contribution < 1.29 is 4.79 Å². The minimum absolute atomic E-state index is 0.356. The van der Waals surface area contributed by atoms with Crippen molar-refractivity contribution >= 4 is 17.4 Å². The third kappa shape index (κ3) is 2.01. The van der Waals surface area contributed by atoms with E-state index in [-0.39, 0.29) is 0 Å². The lowest BCUT2D eigenvalue weighted by Gasteiger charge is -2.08. The minimum atomic E-state index is -0.509. The predicted octanol–water partition coefficient (Wildman–Crippen LogP) is 0.583. The van der Waals surface area contributed by atoms with E-state index in [9.17, 15) is 4.79 Å². The van der Waals surface area contributed by atoms with Gasteiger partial charge in [-0.05, 0) is 18.4 Å². The summed E-state index contributed by atoms with van der Waals surface area (Å²) in [6.45, 7) is 2.14. The Morgan fingerprint density at radius 3 is 2.87 bits per heavy atom. The van der Waals surface area contributed by atoms with E-state index in [1.54, 1.807) is 6.07 Å². The molecule has 2 rings (SSSR count). The molecule has 0 aromatic carbocycles. The maximum absolute atomic E-state index is 11.1. The Morgan fingerprint density at radius 1 is 1.67 bits per heavy atom. The van der Waals surface area contributed by atoms with Crippen molar-refractivity contribution in [1.82, 2.24) is 4.98 Å². The molecule has 5 N–H and O–H groups in total. The van der Waals surface area contributed by atoms with Crippen molar-refractivity contribution in [2.24, 2.45) is 11.7 Å². The van der Waals surface area contributed by atoms with Gasteiger partial charge in [0.15, 0.2) is 0 Å². The van der Waals surface area contributed by atoms with Crippen LogP contribution < -0.4 is 16.8 Å². The molecule has 0 bridgehead atoms. The van der Waals surface area contributed by atoms with E-state index in [0.717, 1.165) is 6.42 Å². The van der Waals surface area contributed by atoms with E-state index >= 15 is 0 Å². The summed E-state index contributed by atoms with van der Waals surface area (Å²) in [5.41, 5.74) is 11.6. The van der Waals surface area contributed by atoms with E-state index in [4.69, 9.17) is 11.5 Å². The number of nitrogens with zero attached hydrogens (tertiary/aromatic N) is 1. The van der Waals surface area contributed by atoms with Crippen LogP contribution in [0.25, 0.3) is 0 Å². The van der Waals surface area contributed by atoms with Gasteiger partial charge in [-0.2, -0.15) is 0 Å². The van der Waals surface area contributed by atoms with Crippen molar-refractivity contribution in [3.8, 4) is 0 Å². The molecule has 80 valence electrons. The summed E-state index contributed by atoms with van der Waals surface area (Å²) in [6, 6.07) is 1.95. The molecule has 2 unspecified atom stereocenters. The van der Waals surface area contributed by atoms with Crippen LogP contribution in [0.4, 0.5) is 11.5 Å². The predicted molar refractivity (Wildman–Crippen MR) is 58.4 cm³/mol. The second-order valence-corrected chi connectivity index (χ2v) is 3.99. The second kappa shape index (κ2) is 3.42. The molecule has 15 heavy (non-hydrogen) atoms.